The first-order valence-corrected chi connectivity index (χ1v) is 11.7. The van der Waals surface area contributed by atoms with Crippen LogP contribution in [0.15, 0.2) is 48.5 Å². The van der Waals surface area contributed by atoms with Gasteiger partial charge in [0.1, 0.15) is 23.4 Å². The van der Waals surface area contributed by atoms with Gasteiger partial charge in [-0.2, -0.15) is 12.6 Å². The highest BCUT2D eigenvalue weighted by molar-refractivity contribution is 7.80. The van der Waals surface area contributed by atoms with Crippen molar-refractivity contribution in [2.75, 3.05) is 17.6 Å². The molecule has 3 N–H and O–H groups in total. The molecule has 0 heterocycles. The normalized spacial score (nSPS) is 12.9. The highest BCUT2D eigenvalue weighted by Gasteiger charge is 2.35. The van der Waals surface area contributed by atoms with Gasteiger partial charge in [-0.25, -0.2) is 4.79 Å². The van der Waals surface area contributed by atoms with Crippen LogP contribution in [-0.4, -0.2) is 51.9 Å². The van der Waals surface area contributed by atoms with Crippen molar-refractivity contribution in [3.8, 4) is 5.75 Å². The average Bonchev–Trinajstić information content (AvgIpc) is 2.76. The van der Waals surface area contributed by atoms with Crippen LogP contribution in [0.1, 0.15) is 44.9 Å². The minimum absolute atomic E-state index is 0.0102. The van der Waals surface area contributed by atoms with Gasteiger partial charge in [0.05, 0.1) is 0 Å². The second kappa shape index (κ2) is 11.8. The van der Waals surface area contributed by atoms with E-state index in [0.717, 1.165) is 5.56 Å². The van der Waals surface area contributed by atoms with E-state index in [9.17, 15) is 19.5 Å². The van der Waals surface area contributed by atoms with Crippen LogP contribution in [0.5, 0.6) is 5.75 Å². The Hall–Kier alpha value is -3.20. The molecule has 0 saturated heterocycles. The first kappa shape index (κ1) is 27.0. The maximum absolute atomic E-state index is 13.5. The van der Waals surface area contributed by atoms with Crippen LogP contribution in [0.4, 0.5) is 10.5 Å². The maximum Gasteiger partial charge on any atom is 0.408 e. The van der Waals surface area contributed by atoms with Crippen molar-refractivity contribution in [1.29, 1.82) is 0 Å². The van der Waals surface area contributed by atoms with E-state index >= 15 is 0 Å². The summed E-state index contributed by atoms with van der Waals surface area (Å²) in [6.45, 7) is 8.97. The number of alkyl carbamates (subject to hydrolysis) is 1. The summed E-state index contributed by atoms with van der Waals surface area (Å²) in [6, 6.07) is 11.4. The van der Waals surface area contributed by atoms with Gasteiger partial charge in [-0.3, -0.25) is 9.59 Å². The number of rotatable bonds is 8. The van der Waals surface area contributed by atoms with Crippen LogP contribution in [0, 0.1) is 6.92 Å². The number of ether oxygens (including phenoxy) is 1. The number of nitrogens with zero attached hydrogens (tertiary/aromatic N) is 1. The van der Waals surface area contributed by atoms with E-state index in [2.05, 4.69) is 23.3 Å². The molecular formula is C25H33N3O5S. The fraction of sp³-hybridized carbons (Fsp3) is 0.400. The smallest absolute Gasteiger partial charge is 0.408 e. The Labute approximate surface area is 206 Å². The number of hydrogen-bond donors (Lipinski definition) is 4. The molecule has 8 nitrogen and oxygen atoms in total. The summed E-state index contributed by atoms with van der Waals surface area (Å²) in [4.78, 5) is 40.6. The lowest BCUT2D eigenvalue weighted by Gasteiger charge is -2.33. The van der Waals surface area contributed by atoms with Gasteiger partial charge in [0.15, 0.2) is 0 Å². The molecule has 0 aromatic heterocycles. The number of likely N-dealkylation sites (N-methyl/N-ethyl adjacent to an activating group) is 1. The molecule has 2 atom stereocenters. The first-order valence-electron chi connectivity index (χ1n) is 11.0. The molecule has 2 aromatic carbocycles. The number of amides is 3. The molecule has 0 fully saturated rings. The largest absolute Gasteiger partial charge is 0.508 e. The number of anilines is 1. The fourth-order valence-corrected chi connectivity index (χ4v) is 3.59. The standard InChI is InChI=1S/C25H33N3O5S/c1-6-28(23(31)20(15-34)27-24(32)33-25(3,4)5)21(17-11-13-18(29)14-12-17)22(30)26-19-10-8-7-9-16(19)2/h7-14,20-21,29,34H,6,15H2,1-5H3,(H,26,30)(H,27,32). The predicted molar refractivity (Wildman–Crippen MR) is 135 cm³/mol. The van der Waals surface area contributed by atoms with Crippen LogP contribution >= 0.6 is 12.6 Å². The second-order valence-corrected chi connectivity index (χ2v) is 9.17. The van der Waals surface area contributed by atoms with E-state index in [1.54, 1.807) is 45.9 Å². The van der Waals surface area contributed by atoms with Crippen LogP contribution in [0.2, 0.25) is 0 Å². The van der Waals surface area contributed by atoms with Gasteiger partial charge >= 0.3 is 6.09 Å². The highest BCUT2D eigenvalue weighted by Crippen LogP contribution is 2.26. The third kappa shape index (κ3) is 7.41. The van der Waals surface area contributed by atoms with E-state index in [1.807, 2.05) is 25.1 Å². The number of benzene rings is 2. The SMILES string of the molecule is CCN(C(=O)C(CS)NC(=O)OC(C)(C)C)C(C(=O)Nc1ccccc1C)c1ccc(O)cc1. The Bertz CT molecular complexity index is 1000. The van der Waals surface area contributed by atoms with E-state index in [4.69, 9.17) is 4.74 Å². The Balaban J connectivity index is 2.38. The maximum atomic E-state index is 13.5. The number of thiol groups is 1. The minimum Gasteiger partial charge on any atom is -0.508 e. The molecule has 34 heavy (non-hydrogen) atoms. The summed E-state index contributed by atoms with van der Waals surface area (Å²) in [5.74, 6) is -0.862. The van der Waals surface area contributed by atoms with Crippen molar-refractivity contribution in [3.05, 3.63) is 59.7 Å². The van der Waals surface area contributed by atoms with E-state index in [0.29, 0.717) is 11.3 Å². The van der Waals surface area contributed by atoms with Gasteiger partial charge in [-0.15, -0.1) is 0 Å². The summed E-state index contributed by atoms with van der Waals surface area (Å²) in [5, 5.41) is 15.2. The van der Waals surface area contributed by atoms with Gasteiger partial charge in [0.25, 0.3) is 5.91 Å². The molecule has 3 amide bonds. The van der Waals surface area contributed by atoms with Gasteiger partial charge in [-0.05, 0) is 63.9 Å². The predicted octanol–water partition coefficient (Wildman–Crippen LogP) is 4.05. The molecule has 184 valence electrons. The first-order chi connectivity index (χ1) is 16.0. The molecule has 0 saturated carbocycles. The number of phenols is 1. The number of para-hydroxylation sites is 1. The Morgan fingerprint density at radius 3 is 2.24 bits per heavy atom. The summed E-state index contributed by atoms with van der Waals surface area (Å²) in [6.07, 6.45) is -0.749. The zero-order valence-electron chi connectivity index (χ0n) is 20.2. The van der Waals surface area contributed by atoms with E-state index < -0.39 is 35.6 Å². The lowest BCUT2D eigenvalue weighted by Crippen LogP contribution is -2.53. The molecule has 2 unspecified atom stereocenters. The topological polar surface area (TPSA) is 108 Å². The van der Waals surface area contributed by atoms with Gasteiger partial charge < -0.3 is 25.4 Å². The van der Waals surface area contributed by atoms with Crippen LogP contribution in [0.25, 0.3) is 0 Å². The number of phenolic OH excluding ortho intramolecular Hbond substituents is 1. The van der Waals surface area contributed by atoms with Gasteiger partial charge in [-0.1, -0.05) is 30.3 Å². The summed E-state index contributed by atoms with van der Waals surface area (Å²) in [5.41, 5.74) is 1.27. The number of aromatic hydroxyl groups is 1. The number of nitrogens with one attached hydrogen (secondary N) is 2. The lowest BCUT2D eigenvalue weighted by molar-refractivity contribution is -0.140. The van der Waals surface area contributed by atoms with Gasteiger partial charge in [0, 0.05) is 18.0 Å². The molecule has 0 bridgehead atoms. The Morgan fingerprint density at radius 2 is 1.71 bits per heavy atom. The zero-order chi connectivity index (χ0) is 25.5. The molecule has 2 aromatic rings. The van der Waals surface area contributed by atoms with Crippen LogP contribution in [-0.2, 0) is 14.3 Å². The molecule has 0 aliphatic rings. The molecule has 0 aliphatic heterocycles. The highest BCUT2D eigenvalue weighted by atomic mass is 32.1. The Kier molecular flexibility index (Phi) is 9.37. The number of carbonyl (C=O) groups excluding carboxylic acids is 3. The number of hydrogen-bond acceptors (Lipinski definition) is 6. The molecule has 2 rings (SSSR count). The van der Waals surface area contributed by atoms with Crippen LogP contribution in [0.3, 0.4) is 0 Å². The van der Waals surface area contributed by atoms with Crippen molar-refractivity contribution in [1.82, 2.24) is 10.2 Å². The fourth-order valence-electron chi connectivity index (χ4n) is 3.34. The quantitative estimate of drug-likeness (QED) is 0.420. The lowest BCUT2D eigenvalue weighted by atomic mass is 10.0. The van der Waals surface area contributed by atoms with Crippen LogP contribution < -0.4 is 10.6 Å². The zero-order valence-corrected chi connectivity index (χ0v) is 21.1. The molecule has 0 radical (unpaired) electrons. The molecular weight excluding hydrogens is 454 g/mol. The van der Waals surface area contributed by atoms with Crippen molar-refractivity contribution < 1.29 is 24.2 Å². The summed E-state index contributed by atoms with van der Waals surface area (Å²) >= 11 is 4.24. The van der Waals surface area contributed by atoms with Crippen molar-refractivity contribution in [2.45, 2.75) is 52.3 Å². The number of carbonyl (C=O) groups is 3. The number of aryl methyl sites for hydroxylation is 1. The summed E-state index contributed by atoms with van der Waals surface area (Å²) < 4.78 is 5.27. The Morgan fingerprint density at radius 1 is 1.09 bits per heavy atom. The molecule has 9 heteroatoms. The third-order valence-corrected chi connectivity index (χ3v) is 5.33. The minimum atomic E-state index is -1.01. The van der Waals surface area contributed by atoms with E-state index in [-0.39, 0.29) is 18.0 Å². The average molecular weight is 488 g/mol. The van der Waals surface area contributed by atoms with Crippen molar-refractivity contribution in [2.24, 2.45) is 0 Å². The summed E-state index contributed by atoms with van der Waals surface area (Å²) in [7, 11) is 0. The molecule has 0 spiro atoms. The van der Waals surface area contributed by atoms with E-state index in [1.165, 1.54) is 17.0 Å². The monoisotopic (exact) mass is 487 g/mol. The van der Waals surface area contributed by atoms with Gasteiger partial charge in [0.2, 0.25) is 5.91 Å². The molecule has 0 aliphatic carbocycles. The van der Waals surface area contributed by atoms with Crippen molar-refractivity contribution in [3.63, 3.8) is 0 Å². The van der Waals surface area contributed by atoms with Crippen molar-refractivity contribution >= 4 is 36.2 Å². The third-order valence-electron chi connectivity index (χ3n) is 4.97. The second-order valence-electron chi connectivity index (χ2n) is 8.80.